The molecule has 17 heavy (non-hydrogen) atoms. The van der Waals surface area contributed by atoms with Crippen LogP contribution >= 0.6 is 11.3 Å². The van der Waals surface area contributed by atoms with E-state index in [-0.39, 0.29) is 17.9 Å². The predicted molar refractivity (Wildman–Crippen MR) is 71.0 cm³/mol. The lowest BCUT2D eigenvalue weighted by atomic mass is 9.93. The first-order valence-electron chi connectivity index (χ1n) is 6.29. The summed E-state index contributed by atoms with van der Waals surface area (Å²) in [4.78, 5) is 13.4. The van der Waals surface area contributed by atoms with Gasteiger partial charge in [-0.3, -0.25) is 4.79 Å². The second-order valence-corrected chi connectivity index (χ2v) is 5.73. The van der Waals surface area contributed by atoms with Crippen LogP contribution in [-0.2, 0) is 11.2 Å². The molecule has 0 fully saturated rings. The summed E-state index contributed by atoms with van der Waals surface area (Å²) in [5.41, 5.74) is 6.81. The number of hydrogen-bond donors (Lipinski definition) is 2. The van der Waals surface area contributed by atoms with Crippen molar-refractivity contribution in [3.63, 3.8) is 0 Å². The van der Waals surface area contributed by atoms with E-state index in [1.807, 2.05) is 6.92 Å². The molecule has 0 saturated heterocycles. The molecule has 94 valence electrons. The zero-order chi connectivity index (χ0) is 12.3. The van der Waals surface area contributed by atoms with Crippen molar-refractivity contribution in [2.24, 2.45) is 11.7 Å². The molecule has 2 atom stereocenters. The molecule has 0 saturated carbocycles. The molecule has 1 heterocycles. The molecule has 2 rings (SSSR count). The van der Waals surface area contributed by atoms with Crippen LogP contribution < -0.4 is 11.1 Å². The molecule has 1 amide bonds. The normalized spacial score (nSPS) is 20.7. The minimum atomic E-state index is 0.0176. The third-order valence-electron chi connectivity index (χ3n) is 3.42. The third kappa shape index (κ3) is 2.87. The fourth-order valence-electron chi connectivity index (χ4n) is 2.33. The van der Waals surface area contributed by atoms with Crippen molar-refractivity contribution in [3.8, 4) is 0 Å². The highest BCUT2D eigenvalue weighted by Gasteiger charge is 2.24. The van der Waals surface area contributed by atoms with E-state index in [9.17, 15) is 4.79 Å². The molecule has 1 aromatic rings. The third-order valence-corrected chi connectivity index (χ3v) is 4.41. The Morgan fingerprint density at radius 3 is 3.29 bits per heavy atom. The summed E-state index contributed by atoms with van der Waals surface area (Å²) in [6.07, 6.45) is 4.15. The van der Waals surface area contributed by atoms with Crippen LogP contribution in [-0.4, -0.2) is 12.5 Å². The quantitative estimate of drug-likeness (QED) is 0.863. The number of amides is 1. The lowest BCUT2D eigenvalue weighted by Crippen LogP contribution is -2.34. The molecule has 2 unspecified atom stereocenters. The Kier molecular flexibility index (Phi) is 4.18. The minimum Gasteiger partial charge on any atom is -0.349 e. The van der Waals surface area contributed by atoms with Crippen LogP contribution in [0, 0.1) is 5.92 Å². The summed E-state index contributed by atoms with van der Waals surface area (Å²) in [6.45, 7) is 2.52. The maximum Gasteiger partial charge on any atom is 0.223 e. The second-order valence-electron chi connectivity index (χ2n) is 4.73. The van der Waals surface area contributed by atoms with Gasteiger partial charge in [-0.05, 0) is 49.2 Å². The van der Waals surface area contributed by atoms with Crippen molar-refractivity contribution in [3.05, 3.63) is 21.9 Å². The van der Waals surface area contributed by atoms with Crippen LogP contribution in [0.25, 0.3) is 0 Å². The Labute approximate surface area is 106 Å². The van der Waals surface area contributed by atoms with Crippen molar-refractivity contribution >= 4 is 17.2 Å². The predicted octanol–water partition coefficient (Wildman–Crippen LogP) is 2.23. The van der Waals surface area contributed by atoms with E-state index in [0.29, 0.717) is 6.54 Å². The molecule has 4 heteroatoms. The van der Waals surface area contributed by atoms with Gasteiger partial charge in [-0.1, -0.05) is 6.92 Å². The molecular weight excluding hydrogens is 232 g/mol. The molecule has 3 N–H and O–H groups in total. The highest BCUT2D eigenvalue weighted by Crippen LogP contribution is 2.33. The van der Waals surface area contributed by atoms with Gasteiger partial charge in [-0.25, -0.2) is 0 Å². The molecular formula is C13H20N2OS. The molecule has 0 aromatic carbocycles. The van der Waals surface area contributed by atoms with Gasteiger partial charge in [-0.2, -0.15) is 0 Å². The molecule has 1 aliphatic carbocycles. The monoisotopic (exact) mass is 252 g/mol. The largest absolute Gasteiger partial charge is 0.349 e. The van der Waals surface area contributed by atoms with Crippen LogP contribution in [0.1, 0.15) is 42.7 Å². The highest BCUT2D eigenvalue weighted by atomic mass is 32.1. The molecule has 3 nitrogen and oxygen atoms in total. The molecule has 1 aliphatic rings. The Morgan fingerprint density at radius 2 is 2.53 bits per heavy atom. The van der Waals surface area contributed by atoms with Gasteiger partial charge in [0.25, 0.3) is 0 Å². The number of thiophene rings is 1. The molecule has 0 aliphatic heterocycles. The van der Waals surface area contributed by atoms with Crippen molar-refractivity contribution in [2.75, 3.05) is 6.54 Å². The molecule has 0 spiro atoms. The van der Waals surface area contributed by atoms with Gasteiger partial charge in [0.15, 0.2) is 0 Å². The highest BCUT2D eigenvalue weighted by molar-refractivity contribution is 7.10. The minimum absolute atomic E-state index is 0.0176. The summed E-state index contributed by atoms with van der Waals surface area (Å²) in [5, 5.41) is 5.28. The lowest BCUT2D eigenvalue weighted by molar-refractivity contribution is -0.125. The fraction of sp³-hybridized carbons (Fsp3) is 0.615. The number of hydrogen-bond acceptors (Lipinski definition) is 3. The second kappa shape index (κ2) is 5.65. The van der Waals surface area contributed by atoms with Crippen LogP contribution in [0.4, 0.5) is 0 Å². The summed E-state index contributed by atoms with van der Waals surface area (Å²) < 4.78 is 0. The van der Waals surface area contributed by atoms with Gasteiger partial charge < -0.3 is 11.1 Å². The van der Waals surface area contributed by atoms with Crippen LogP contribution in [0.3, 0.4) is 0 Å². The molecule has 0 radical (unpaired) electrons. The number of carbonyl (C=O) groups excluding carboxylic acids is 1. The fourth-order valence-corrected chi connectivity index (χ4v) is 3.32. The Hall–Kier alpha value is -0.870. The molecule has 0 bridgehead atoms. The van der Waals surface area contributed by atoms with Gasteiger partial charge in [0, 0.05) is 10.8 Å². The van der Waals surface area contributed by atoms with Gasteiger partial charge in [0.2, 0.25) is 5.91 Å². The first-order chi connectivity index (χ1) is 8.22. The van der Waals surface area contributed by atoms with Gasteiger partial charge in [0.05, 0.1) is 6.04 Å². The lowest BCUT2D eigenvalue weighted by Gasteiger charge is -2.25. The van der Waals surface area contributed by atoms with E-state index in [0.717, 1.165) is 19.3 Å². The van der Waals surface area contributed by atoms with E-state index >= 15 is 0 Å². The number of rotatable bonds is 4. The van der Waals surface area contributed by atoms with Gasteiger partial charge in [0.1, 0.15) is 0 Å². The zero-order valence-electron chi connectivity index (χ0n) is 10.2. The van der Waals surface area contributed by atoms with Crippen LogP contribution in [0.15, 0.2) is 11.4 Å². The summed E-state index contributed by atoms with van der Waals surface area (Å²) in [5.74, 6) is 0.156. The maximum absolute atomic E-state index is 12.0. The maximum atomic E-state index is 12.0. The number of nitrogens with one attached hydrogen (secondary N) is 1. The van der Waals surface area contributed by atoms with E-state index in [2.05, 4.69) is 16.8 Å². The van der Waals surface area contributed by atoms with E-state index in [1.165, 1.54) is 16.9 Å². The number of aryl methyl sites for hydroxylation is 1. The molecule has 1 aromatic heterocycles. The zero-order valence-corrected chi connectivity index (χ0v) is 11.1. The average molecular weight is 252 g/mol. The standard InChI is InChI=1S/C13H20N2OS/c1-9(5-7-14)13(16)15-11-3-2-4-12-10(11)6-8-17-12/h6,8-9,11H,2-5,7,14H2,1H3,(H,15,16). The van der Waals surface area contributed by atoms with Crippen molar-refractivity contribution in [2.45, 2.75) is 38.6 Å². The van der Waals surface area contributed by atoms with Crippen LogP contribution in [0.5, 0.6) is 0 Å². The van der Waals surface area contributed by atoms with Crippen molar-refractivity contribution in [1.29, 1.82) is 0 Å². The summed E-state index contributed by atoms with van der Waals surface area (Å²) in [6, 6.07) is 2.37. The topological polar surface area (TPSA) is 55.1 Å². The number of fused-ring (bicyclic) bond motifs is 1. The first-order valence-corrected chi connectivity index (χ1v) is 7.17. The van der Waals surface area contributed by atoms with E-state index in [4.69, 9.17) is 5.73 Å². The Bertz CT molecular complexity index is 389. The summed E-state index contributed by atoms with van der Waals surface area (Å²) >= 11 is 1.80. The first kappa shape index (κ1) is 12.6. The Balaban J connectivity index is 1.99. The van der Waals surface area contributed by atoms with Gasteiger partial charge in [-0.15, -0.1) is 11.3 Å². The smallest absolute Gasteiger partial charge is 0.223 e. The SMILES string of the molecule is CC(CCN)C(=O)NC1CCCc2sccc21. The van der Waals surface area contributed by atoms with Crippen molar-refractivity contribution < 1.29 is 4.79 Å². The van der Waals surface area contributed by atoms with Crippen LogP contribution in [0.2, 0.25) is 0 Å². The van der Waals surface area contributed by atoms with E-state index < -0.39 is 0 Å². The van der Waals surface area contributed by atoms with Crippen molar-refractivity contribution in [1.82, 2.24) is 5.32 Å². The summed E-state index contributed by atoms with van der Waals surface area (Å²) in [7, 11) is 0. The number of nitrogens with two attached hydrogens (primary N) is 1. The number of carbonyl (C=O) groups is 1. The average Bonchev–Trinajstić information content (AvgIpc) is 2.78. The van der Waals surface area contributed by atoms with Gasteiger partial charge >= 0.3 is 0 Å². The van der Waals surface area contributed by atoms with E-state index in [1.54, 1.807) is 11.3 Å². The Morgan fingerprint density at radius 1 is 1.71 bits per heavy atom.